The third-order valence-electron chi connectivity index (χ3n) is 3.47. The van der Waals surface area contributed by atoms with Crippen LogP contribution in [0.15, 0.2) is 29.2 Å². The topological polar surface area (TPSA) is 57.6 Å². The zero-order valence-electron chi connectivity index (χ0n) is 10.8. The SMILES string of the molecule is CSc1ccccc1C(=O)N1CCC(C(=O)O)CC1. The van der Waals surface area contributed by atoms with Gasteiger partial charge in [-0.25, -0.2) is 0 Å². The molecule has 0 radical (unpaired) electrons. The molecule has 1 aromatic carbocycles. The summed E-state index contributed by atoms with van der Waals surface area (Å²) in [7, 11) is 0. The van der Waals surface area contributed by atoms with E-state index in [1.54, 1.807) is 16.7 Å². The lowest BCUT2D eigenvalue weighted by molar-refractivity contribution is -0.143. The van der Waals surface area contributed by atoms with Gasteiger partial charge in [0.2, 0.25) is 0 Å². The van der Waals surface area contributed by atoms with E-state index in [1.807, 2.05) is 30.5 Å². The Bertz CT molecular complexity index is 481. The number of carboxylic acids is 1. The van der Waals surface area contributed by atoms with Crippen LogP contribution in [-0.4, -0.2) is 41.2 Å². The van der Waals surface area contributed by atoms with Gasteiger partial charge in [-0.3, -0.25) is 9.59 Å². The first-order valence-electron chi connectivity index (χ1n) is 6.28. The van der Waals surface area contributed by atoms with Gasteiger partial charge in [0.1, 0.15) is 0 Å². The van der Waals surface area contributed by atoms with Gasteiger partial charge in [0.25, 0.3) is 5.91 Å². The Kier molecular flexibility index (Phi) is 4.47. The Morgan fingerprint density at radius 2 is 1.89 bits per heavy atom. The van der Waals surface area contributed by atoms with Crippen molar-refractivity contribution >= 4 is 23.6 Å². The first kappa shape index (κ1) is 13.9. The number of hydrogen-bond acceptors (Lipinski definition) is 3. The van der Waals surface area contributed by atoms with Crippen LogP contribution >= 0.6 is 11.8 Å². The molecule has 1 amide bonds. The molecule has 0 bridgehead atoms. The van der Waals surface area contributed by atoms with Crippen molar-refractivity contribution < 1.29 is 14.7 Å². The van der Waals surface area contributed by atoms with Crippen molar-refractivity contribution in [1.29, 1.82) is 0 Å². The van der Waals surface area contributed by atoms with E-state index in [0.29, 0.717) is 31.5 Å². The quantitative estimate of drug-likeness (QED) is 0.863. The maximum atomic E-state index is 12.4. The van der Waals surface area contributed by atoms with Crippen molar-refractivity contribution in [3.8, 4) is 0 Å². The molecule has 0 spiro atoms. The third-order valence-corrected chi connectivity index (χ3v) is 4.26. The Balaban J connectivity index is 2.07. The van der Waals surface area contributed by atoms with E-state index in [-0.39, 0.29) is 11.8 Å². The molecule has 0 aliphatic carbocycles. The average molecular weight is 279 g/mol. The molecule has 1 aliphatic rings. The zero-order chi connectivity index (χ0) is 13.8. The van der Waals surface area contributed by atoms with Crippen LogP contribution < -0.4 is 0 Å². The molecule has 4 nitrogen and oxygen atoms in total. The normalized spacial score (nSPS) is 16.4. The summed E-state index contributed by atoms with van der Waals surface area (Å²) in [6.07, 6.45) is 3.04. The molecule has 0 atom stereocenters. The number of thioether (sulfide) groups is 1. The van der Waals surface area contributed by atoms with Crippen molar-refractivity contribution in [2.75, 3.05) is 19.3 Å². The predicted octanol–water partition coefficient (Wildman–Crippen LogP) is 2.35. The second-order valence-electron chi connectivity index (χ2n) is 4.60. The lowest BCUT2D eigenvalue weighted by Crippen LogP contribution is -2.40. The smallest absolute Gasteiger partial charge is 0.306 e. The molecule has 19 heavy (non-hydrogen) atoms. The Labute approximate surface area is 116 Å². The Hall–Kier alpha value is -1.49. The molecule has 0 saturated carbocycles. The highest BCUT2D eigenvalue weighted by Crippen LogP contribution is 2.24. The van der Waals surface area contributed by atoms with E-state index in [2.05, 4.69) is 0 Å². The fourth-order valence-electron chi connectivity index (χ4n) is 2.32. The lowest BCUT2D eigenvalue weighted by atomic mass is 9.96. The van der Waals surface area contributed by atoms with Crippen LogP contribution in [0.25, 0.3) is 0 Å². The van der Waals surface area contributed by atoms with Gasteiger partial charge in [-0.05, 0) is 31.2 Å². The number of hydrogen-bond donors (Lipinski definition) is 1. The van der Waals surface area contributed by atoms with Crippen molar-refractivity contribution in [2.45, 2.75) is 17.7 Å². The number of carboxylic acid groups (broad SMARTS) is 1. The van der Waals surface area contributed by atoms with Crippen LogP contribution in [0.4, 0.5) is 0 Å². The molecule has 1 heterocycles. The van der Waals surface area contributed by atoms with E-state index in [4.69, 9.17) is 5.11 Å². The van der Waals surface area contributed by atoms with Gasteiger partial charge in [-0.15, -0.1) is 11.8 Å². The molecule has 102 valence electrons. The molecule has 1 N–H and O–H groups in total. The molecule has 1 saturated heterocycles. The van der Waals surface area contributed by atoms with Crippen LogP contribution in [0.3, 0.4) is 0 Å². The molecule has 0 aromatic heterocycles. The second kappa shape index (κ2) is 6.10. The molecule has 2 rings (SSSR count). The van der Waals surface area contributed by atoms with Gasteiger partial charge in [0.05, 0.1) is 11.5 Å². The first-order valence-corrected chi connectivity index (χ1v) is 7.51. The van der Waals surface area contributed by atoms with E-state index in [1.165, 1.54) is 0 Å². The number of rotatable bonds is 3. The number of benzene rings is 1. The van der Waals surface area contributed by atoms with Crippen molar-refractivity contribution in [2.24, 2.45) is 5.92 Å². The van der Waals surface area contributed by atoms with Gasteiger partial charge in [0, 0.05) is 18.0 Å². The van der Waals surface area contributed by atoms with E-state index in [9.17, 15) is 9.59 Å². The Morgan fingerprint density at radius 1 is 1.26 bits per heavy atom. The summed E-state index contributed by atoms with van der Waals surface area (Å²) in [5.74, 6) is -1.05. The minimum atomic E-state index is -0.753. The maximum Gasteiger partial charge on any atom is 0.306 e. The summed E-state index contributed by atoms with van der Waals surface area (Å²) >= 11 is 1.55. The summed E-state index contributed by atoms with van der Waals surface area (Å²) in [5.41, 5.74) is 0.712. The molecule has 5 heteroatoms. The van der Waals surface area contributed by atoms with Gasteiger partial charge < -0.3 is 10.0 Å². The molecule has 1 fully saturated rings. The number of carbonyl (C=O) groups excluding carboxylic acids is 1. The summed E-state index contributed by atoms with van der Waals surface area (Å²) in [6.45, 7) is 1.05. The predicted molar refractivity (Wildman–Crippen MR) is 74.5 cm³/mol. The number of nitrogens with zero attached hydrogens (tertiary/aromatic N) is 1. The van der Waals surface area contributed by atoms with Crippen LogP contribution in [0.1, 0.15) is 23.2 Å². The molecule has 0 unspecified atom stereocenters. The molecular formula is C14H17NO3S. The van der Waals surface area contributed by atoms with Crippen LogP contribution in [0, 0.1) is 5.92 Å². The minimum absolute atomic E-state index is 0.00814. The third kappa shape index (κ3) is 3.10. The summed E-state index contributed by atoms with van der Waals surface area (Å²) in [4.78, 5) is 26.0. The van der Waals surface area contributed by atoms with Crippen molar-refractivity contribution in [3.63, 3.8) is 0 Å². The van der Waals surface area contributed by atoms with Crippen LogP contribution in [0.2, 0.25) is 0 Å². The minimum Gasteiger partial charge on any atom is -0.481 e. The highest BCUT2D eigenvalue weighted by molar-refractivity contribution is 7.98. The van der Waals surface area contributed by atoms with Gasteiger partial charge in [0.15, 0.2) is 0 Å². The number of amides is 1. The van der Waals surface area contributed by atoms with E-state index >= 15 is 0 Å². The molecule has 1 aliphatic heterocycles. The Morgan fingerprint density at radius 3 is 2.47 bits per heavy atom. The number of piperidine rings is 1. The fourth-order valence-corrected chi connectivity index (χ4v) is 2.91. The largest absolute Gasteiger partial charge is 0.481 e. The van der Waals surface area contributed by atoms with Gasteiger partial charge in [-0.2, -0.15) is 0 Å². The van der Waals surface area contributed by atoms with Crippen LogP contribution in [-0.2, 0) is 4.79 Å². The average Bonchev–Trinajstić information content (AvgIpc) is 2.46. The van der Waals surface area contributed by atoms with Crippen molar-refractivity contribution in [1.82, 2.24) is 4.90 Å². The highest BCUT2D eigenvalue weighted by Gasteiger charge is 2.28. The summed E-state index contributed by atoms with van der Waals surface area (Å²) in [6, 6.07) is 7.54. The monoisotopic (exact) mass is 279 g/mol. The van der Waals surface area contributed by atoms with E-state index < -0.39 is 5.97 Å². The zero-order valence-corrected chi connectivity index (χ0v) is 11.7. The van der Waals surface area contributed by atoms with E-state index in [0.717, 1.165) is 4.90 Å². The standard InChI is InChI=1S/C14H17NO3S/c1-19-12-5-3-2-4-11(12)13(16)15-8-6-10(7-9-15)14(17)18/h2-5,10H,6-9H2,1H3,(H,17,18). The van der Waals surface area contributed by atoms with Crippen LogP contribution in [0.5, 0.6) is 0 Å². The second-order valence-corrected chi connectivity index (χ2v) is 5.45. The molecular weight excluding hydrogens is 262 g/mol. The van der Waals surface area contributed by atoms with Gasteiger partial charge in [-0.1, -0.05) is 12.1 Å². The summed E-state index contributed by atoms with van der Waals surface area (Å²) in [5, 5.41) is 8.96. The lowest BCUT2D eigenvalue weighted by Gasteiger charge is -2.30. The first-order chi connectivity index (χ1) is 9.13. The molecule has 1 aromatic rings. The maximum absolute atomic E-state index is 12.4. The van der Waals surface area contributed by atoms with Crippen molar-refractivity contribution in [3.05, 3.63) is 29.8 Å². The van der Waals surface area contributed by atoms with Gasteiger partial charge >= 0.3 is 5.97 Å². The summed E-state index contributed by atoms with van der Waals surface area (Å²) < 4.78 is 0. The number of aliphatic carboxylic acids is 1. The number of likely N-dealkylation sites (tertiary alicyclic amines) is 1. The fraction of sp³-hybridized carbons (Fsp3) is 0.429. The highest BCUT2D eigenvalue weighted by atomic mass is 32.2. The number of carbonyl (C=O) groups is 2.